The fraction of sp³-hybridized carbons (Fsp3) is 0.286. The van der Waals surface area contributed by atoms with Crippen molar-refractivity contribution in [1.82, 2.24) is 9.13 Å². The number of anilines is 1. The van der Waals surface area contributed by atoms with Gasteiger partial charge in [0.2, 0.25) is 11.2 Å². The highest BCUT2D eigenvalue weighted by atomic mass is 16.2. The molecule has 1 rings (SSSR count). The zero-order chi connectivity index (χ0) is 11.6. The maximum absolute atomic E-state index is 11.4. The van der Waals surface area contributed by atoms with E-state index in [1.54, 1.807) is 6.19 Å². The first-order valence-corrected chi connectivity index (χ1v) is 3.84. The lowest BCUT2D eigenvalue weighted by Gasteiger charge is -2.03. The third-order valence-electron chi connectivity index (χ3n) is 1.92. The smallest absolute Gasteiger partial charge is 0.275 e. The number of nitrogens with one attached hydrogen (secondary N) is 1. The van der Waals surface area contributed by atoms with Crippen LogP contribution in [0.4, 0.5) is 11.5 Å². The van der Waals surface area contributed by atoms with Gasteiger partial charge in [-0.1, -0.05) is 0 Å². The lowest BCUT2D eigenvalue weighted by atomic mass is 10.4. The van der Waals surface area contributed by atoms with E-state index in [1.807, 2.05) is 0 Å². The normalized spacial score (nSPS) is 9.07. The van der Waals surface area contributed by atoms with Crippen molar-refractivity contribution in [2.45, 2.75) is 0 Å². The molecule has 0 aliphatic carbocycles. The van der Waals surface area contributed by atoms with Crippen LogP contribution in [0.5, 0.6) is 0 Å². The third kappa shape index (κ3) is 1.44. The molecule has 0 bridgehead atoms. The molecule has 1 heterocycles. The SMILES string of the molecule is Cn1c(NC#N)c([N+]#N)c(=O)n(C)c1=O. The highest BCUT2D eigenvalue weighted by molar-refractivity contribution is 5.65. The number of nitriles is 1. The molecule has 0 saturated carbocycles. The quantitative estimate of drug-likeness (QED) is 0.378. The Morgan fingerprint density at radius 1 is 1.33 bits per heavy atom. The van der Waals surface area contributed by atoms with Crippen molar-refractivity contribution in [2.75, 3.05) is 5.32 Å². The van der Waals surface area contributed by atoms with Gasteiger partial charge < -0.3 is 0 Å². The average Bonchev–Trinajstić information content (AvgIpc) is 2.24. The molecule has 76 valence electrons. The van der Waals surface area contributed by atoms with E-state index in [0.717, 1.165) is 9.13 Å². The van der Waals surface area contributed by atoms with E-state index in [2.05, 4.69) is 10.3 Å². The van der Waals surface area contributed by atoms with E-state index < -0.39 is 11.2 Å². The van der Waals surface area contributed by atoms with Gasteiger partial charge in [0, 0.05) is 14.1 Å². The van der Waals surface area contributed by atoms with Crippen molar-refractivity contribution in [2.24, 2.45) is 14.1 Å². The van der Waals surface area contributed by atoms with Gasteiger partial charge >= 0.3 is 16.9 Å². The lowest BCUT2D eigenvalue weighted by Crippen LogP contribution is -2.37. The summed E-state index contributed by atoms with van der Waals surface area (Å²) in [5.74, 6) is -0.145. The van der Waals surface area contributed by atoms with Crippen LogP contribution in [0.3, 0.4) is 0 Å². The number of diazo groups is 1. The van der Waals surface area contributed by atoms with E-state index in [-0.39, 0.29) is 11.5 Å². The highest BCUT2D eigenvalue weighted by Crippen LogP contribution is 2.16. The van der Waals surface area contributed by atoms with Gasteiger partial charge in [0.05, 0.1) is 0 Å². The van der Waals surface area contributed by atoms with E-state index >= 15 is 0 Å². The zero-order valence-electron chi connectivity index (χ0n) is 8.05. The first-order chi connectivity index (χ1) is 7.04. The minimum atomic E-state index is -0.779. The maximum atomic E-state index is 11.4. The van der Waals surface area contributed by atoms with Gasteiger partial charge in [0.15, 0.2) is 11.2 Å². The topological polar surface area (TPSA) is 108 Å². The van der Waals surface area contributed by atoms with E-state index in [9.17, 15) is 9.59 Å². The molecule has 0 spiro atoms. The Labute approximate surface area is 83.6 Å². The fourth-order valence-corrected chi connectivity index (χ4v) is 1.11. The molecular weight excluding hydrogens is 200 g/mol. The van der Waals surface area contributed by atoms with E-state index in [1.165, 1.54) is 14.1 Å². The van der Waals surface area contributed by atoms with Crippen molar-refractivity contribution < 1.29 is 0 Å². The molecule has 8 nitrogen and oxygen atoms in total. The summed E-state index contributed by atoms with van der Waals surface area (Å²) >= 11 is 0. The second kappa shape index (κ2) is 3.64. The Hall–Kier alpha value is -2.61. The summed E-state index contributed by atoms with van der Waals surface area (Å²) in [6.45, 7) is 0. The van der Waals surface area contributed by atoms with Crippen LogP contribution >= 0.6 is 0 Å². The van der Waals surface area contributed by atoms with Crippen molar-refractivity contribution in [3.8, 4) is 6.19 Å². The molecule has 0 aromatic carbocycles. The van der Waals surface area contributed by atoms with Gasteiger partial charge in [0.25, 0.3) is 0 Å². The van der Waals surface area contributed by atoms with Crippen LogP contribution in [0.1, 0.15) is 0 Å². The Balaban J connectivity index is 3.83. The molecule has 8 heteroatoms. The van der Waals surface area contributed by atoms with Crippen molar-refractivity contribution in [3.63, 3.8) is 0 Å². The van der Waals surface area contributed by atoms with Crippen LogP contribution in [0, 0.1) is 16.8 Å². The molecule has 1 aromatic heterocycles. The second-order valence-electron chi connectivity index (χ2n) is 2.74. The summed E-state index contributed by atoms with van der Waals surface area (Å²) in [5, 5.41) is 19.1. The van der Waals surface area contributed by atoms with Gasteiger partial charge in [-0.3, -0.25) is 19.2 Å². The summed E-state index contributed by atoms with van der Waals surface area (Å²) < 4.78 is 1.78. The molecule has 0 aliphatic heterocycles. The molecule has 0 atom stereocenters. The van der Waals surface area contributed by atoms with Crippen LogP contribution in [0.25, 0.3) is 4.98 Å². The molecule has 1 aromatic rings. The number of nitrogens with zero attached hydrogens (tertiary/aromatic N) is 5. The number of aromatic nitrogens is 2. The summed E-state index contributed by atoms with van der Waals surface area (Å²) in [4.78, 5) is 25.6. The maximum Gasteiger partial charge on any atom is 0.490 e. The van der Waals surface area contributed by atoms with Crippen molar-refractivity contribution >= 4 is 11.5 Å². The standard InChI is InChI=1S/C7H6N6O2/c1-12-5(10-3-8)4(11-9)6(14)13(2)7(12)15/h1-2H3/p+1. The van der Waals surface area contributed by atoms with Crippen LogP contribution in [0.2, 0.25) is 0 Å². The van der Waals surface area contributed by atoms with Crippen molar-refractivity contribution in [3.05, 3.63) is 25.8 Å². The summed E-state index contributed by atoms with van der Waals surface area (Å²) in [6.07, 6.45) is 1.54. The van der Waals surface area contributed by atoms with E-state index in [0.29, 0.717) is 0 Å². The first kappa shape index (κ1) is 10.5. The molecular formula is C7H7N6O2+. The molecule has 0 radical (unpaired) electrons. The Kier molecular flexibility index (Phi) is 2.54. The third-order valence-corrected chi connectivity index (χ3v) is 1.92. The predicted molar refractivity (Wildman–Crippen MR) is 50.9 cm³/mol. The Morgan fingerprint density at radius 2 is 1.93 bits per heavy atom. The highest BCUT2D eigenvalue weighted by Gasteiger charge is 2.25. The zero-order valence-corrected chi connectivity index (χ0v) is 8.05. The van der Waals surface area contributed by atoms with E-state index in [4.69, 9.17) is 10.7 Å². The number of hydrogen-bond donors (Lipinski definition) is 1. The largest absolute Gasteiger partial charge is 0.490 e. The monoisotopic (exact) mass is 207 g/mol. The molecule has 1 N–H and O–H groups in total. The molecule has 0 aliphatic rings. The second-order valence-corrected chi connectivity index (χ2v) is 2.74. The van der Waals surface area contributed by atoms with Gasteiger partial charge in [-0.15, -0.1) is 0 Å². The molecule has 15 heavy (non-hydrogen) atoms. The van der Waals surface area contributed by atoms with Crippen LogP contribution < -0.4 is 16.6 Å². The van der Waals surface area contributed by atoms with Crippen molar-refractivity contribution in [1.29, 1.82) is 10.7 Å². The number of rotatable bonds is 1. The Bertz CT molecular complexity index is 596. The summed E-state index contributed by atoms with van der Waals surface area (Å²) in [7, 11) is 2.59. The van der Waals surface area contributed by atoms with Crippen LogP contribution in [-0.2, 0) is 14.1 Å². The minimum absolute atomic E-state index is 0.145. The first-order valence-electron chi connectivity index (χ1n) is 3.84. The summed E-state index contributed by atoms with van der Waals surface area (Å²) in [5.41, 5.74) is -1.79. The van der Waals surface area contributed by atoms with Gasteiger partial charge in [0.1, 0.15) is 0 Å². The predicted octanol–water partition coefficient (Wildman–Crippen LogP) is -0.538. The van der Waals surface area contributed by atoms with Gasteiger partial charge in [-0.25, -0.2) is 4.79 Å². The van der Waals surface area contributed by atoms with Crippen LogP contribution in [-0.4, -0.2) is 9.13 Å². The molecule has 0 amide bonds. The molecule has 0 saturated heterocycles. The van der Waals surface area contributed by atoms with Gasteiger partial charge in [-0.2, -0.15) is 5.26 Å². The summed E-state index contributed by atoms with van der Waals surface area (Å²) in [6, 6.07) is 0. The molecule has 0 fully saturated rings. The van der Waals surface area contributed by atoms with Crippen LogP contribution in [0.15, 0.2) is 9.59 Å². The van der Waals surface area contributed by atoms with Gasteiger partial charge in [-0.05, 0) is 0 Å². The minimum Gasteiger partial charge on any atom is -0.275 e. The molecule has 0 unspecified atom stereocenters. The number of hydrogen-bond acceptors (Lipinski definition) is 5. The average molecular weight is 207 g/mol. The Morgan fingerprint density at radius 3 is 2.40 bits per heavy atom. The lowest BCUT2D eigenvalue weighted by molar-refractivity contribution is 0.697. The fourth-order valence-electron chi connectivity index (χ4n) is 1.11.